The van der Waals surface area contributed by atoms with Crippen LogP contribution in [0.15, 0.2) is 48.7 Å². The van der Waals surface area contributed by atoms with Gasteiger partial charge in [0, 0.05) is 12.6 Å². The van der Waals surface area contributed by atoms with Crippen LogP contribution in [0.2, 0.25) is 0 Å². The first-order valence-electron chi connectivity index (χ1n) is 6.85. The lowest BCUT2D eigenvalue weighted by molar-refractivity contribution is 0.0696. The Labute approximate surface area is 121 Å². The SMILES string of the molecule is O=C(O)c1ccc2nnc(CCCc3ccccc3)n2c1. The molecule has 5 heteroatoms. The molecule has 0 amide bonds. The Hall–Kier alpha value is -2.69. The molecule has 0 atom stereocenters. The average molecular weight is 281 g/mol. The molecule has 0 fully saturated rings. The van der Waals surface area contributed by atoms with Gasteiger partial charge in [0.2, 0.25) is 0 Å². The van der Waals surface area contributed by atoms with E-state index in [4.69, 9.17) is 5.11 Å². The van der Waals surface area contributed by atoms with Gasteiger partial charge in [-0.2, -0.15) is 0 Å². The predicted molar refractivity (Wildman–Crippen MR) is 78.4 cm³/mol. The summed E-state index contributed by atoms with van der Waals surface area (Å²) in [6, 6.07) is 13.5. The quantitative estimate of drug-likeness (QED) is 0.780. The number of aromatic nitrogens is 3. The van der Waals surface area contributed by atoms with Gasteiger partial charge in [-0.05, 0) is 30.5 Å². The van der Waals surface area contributed by atoms with E-state index in [1.165, 1.54) is 5.56 Å². The summed E-state index contributed by atoms with van der Waals surface area (Å²) in [5, 5.41) is 17.3. The number of aromatic carboxylic acids is 1. The third-order valence-electron chi connectivity index (χ3n) is 3.43. The van der Waals surface area contributed by atoms with Crippen LogP contribution in [0.4, 0.5) is 0 Å². The van der Waals surface area contributed by atoms with E-state index in [2.05, 4.69) is 22.3 Å². The fourth-order valence-corrected chi connectivity index (χ4v) is 2.33. The van der Waals surface area contributed by atoms with E-state index in [1.54, 1.807) is 22.7 Å². The van der Waals surface area contributed by atoms with Crippen LogP contribution >= 0.6 is 0 Å². The summed E-state index contributed by atoms with van der Waals surface area (Å²) in [5.74, 6) is -0.148. The number of hydrogen-bond acceptors (Lipinski definition) is 3. The largest absolute Gasteiger partial charge is 0.478 e. The number of rotatable bonds is 5. The second-order valence-electron chi connectivity index (χ2n) is 4.91. The maximum Gasteiger partial charge on any atom is 0.337 e. The lowest BCUT2D eigenvalue weighted by Crippen LogP contribution is -2.01. The zero-order chi connectivity index (χ0) is 14.7. The number of pyridine rings is 1. The van der Waals surface area contributed by atoms with Crippen LogP contribution in [0.25, 0.3) is 5.65 Å². The standard InChI is InChI=1S/C16H15N3O2/c20-16(21)13-9-10-15-18-17-14(19(15)11-13)8-4-7-12-5-2-1-3-6-12/h1-3,5-6,9-11H,4,7-8H2,(H,20,21). The number of carboxylic acid groups (broad SMARTS) is 1. The van der Waals surface area contributed by atoms with Gasteiger partial charge in [-0.3, -0.25) is 4.40 Å². The third kappa shape index (κ3) is 2.91. The molecule has 3 aromatic rings. The summed E-state index contributed by atoms with van der Waals surface area (Å²) in [7, 11) is 0. The molecule has 1 aromatic carbocycles. The van der Waals surface area contributed by atoms with Gasteiger partial charge in [0.1, 0.15) is 5.82 Å². The molecule has 0 saturated heterocycles. The number of carboxylic acids is 1. The highest BCUT2D eigenvalue weighted by atomic mass is 16.4. The molecule has 3 rings (SSSR count). The minimum absolute atomic E-state index is 0.242. The first-order chi connectivity index (χ1) is 10.2. The van der Waals surface area contributed by atoms with E-state index in [9.17, 15) is 4.79 Å². The summed E-state index contributed by atoms with van der Waals surface area (Å²) in [6.07, 6.45) is 4.26. The van der Waals surface area contributed by atoms with Crippen molar-refractivity contribution in [3.8, 4) is 0 Å². The summed E-state index contributed by atoms with van der Waals surface area (Å²) in [6.45, 7) is 0. The van der Waals surface area contributed by atoms with Gasteiger partial charge in [0.25, 0.3) is 0 Å². The van der Waals surface area contributed by atoms with Crippen molar-refractivity contribution in [2.45, 2.75) is 19.3 Å². The molecular formula is C16H15N3O2. The van der Waals surface area contributed by atoms with Crippen molar-refractivity contribution in [3.63, 3.8) is 0 Å². The van der Waals surface area contributed by atoms with Crippen molar-refractivity contribution in [3.05, 3.63) is 65.6 Å². The lowest BCUT2D eigenvalue weighted by atomic mass is 10.1. The van der Waals surface area contributed by atoms with E-state index in [-0.39, 0.29) is 5.56 Å². The van der Waals surface area contributed by atoms with Crippen molar-refractivity contribution in [1.82, 2.24) is 14.6 Å². The topological polar surface area (TPSA) is 67.5 Å². The zero-order valence-electron chi connectivity index (χ0n) is 11.4. The first kappa shape index (κ1) is 13.3. The smallest absolute Gasteiger partial charge is 0.337 e. The van der Waals surface area contributed by atoms with Gasteiger partial charge < -0.3 is 5.11 Å². The van der Waals surface area contributed by atoms with Crippen LogP contribution in [0.3, 0.4) is 0 Å². The molecule has 106 valence electrons. The van der Waals surface area contributed by atoms with E-state index >= 15 is 0 Å². The van der Waals surface area contributed by atoms with E-state index in [1.807, 2.05) is 18.2 Å². The summed E-state index contributed by atoms with van der Waals surface area (Å²) >= 11 is 0. The van der Waals surface area contributed by atoms with E-state index in [0.717, 1.165) is 25.1 Å². The number of benzene rings is 1. The molecule has 0 aliphatic heterocycles. The average Bonchev–Trinajstić information content (AvgIpc) is 2.91. The summed E-state index contributed by atoms with van der Waals surface area (Å²) < 4.78 is 1.76. The zero-order valence-corrected chi connectivity index (χ0v) is 11.4. The van der Waals surface area contributed by atoms with Crippen LogP contribution in [-0.4, -0.2) is 25.7 Å². The second-order valence-corrected chi connectivity index (χ2v) is 4.91. The Kier molecular flexibility index (Phi) is 3.64. The molecule has 2 heterocycles. The number of carbonyl (C=O) groups is 1. The minimum atomic E-state index is -0.944. The van der Waals surface area contributed by atoms with Gasteiger partial charge in [0.05, 0.1) is 5.56 Å². The van der Waals surface area contributed by atoms with Crippen LogP contribution in [0.1, 0.15) is 28.2 Å². The highest BCUT2D eigenvalue weighted by molar-refractivity contribution is 5.87. The Morgan fingerprint density at radius 2 is 1.86 bits per heavy atom. The van der Waals surface area contributed by atoms with Gasteiger partial charge in [0.15, 0.2) is 5.65 Å². The number of nitrogens with zero attached hydrogens (tertiary/aromatic N) is 3. The molecule has 2 aromatic heterocycles. The fourth-order valence-electron chi connectivity index (χ4n) is 2.33. The predicted octanol–water partition coefficient (Wildman–Crippen LogP) is 2.60. The van der Waals surface area contributed by atoms with Gasteiger partial charge in [-0.15, -0.1) is 10.2 Å². The molecule has 0 unspecified atom stereocenters. The highest BCUT2D eigenvalue weighted by Gasteiger charge is 2.09. The second kappa shape index (κ2) is 5.75. The Morgan fingerprint density at radius 3 is 2.62 bits per heavy atom. The normalized spacial score (nSPS) is 10.9. The van der Waals surface area contributed by atoms with Crippen molar-refractivity contribution in [2.24, 2.45) is 0 Å². The van der Waals surface area contributed by atoms with Gasteiger partial charge in [-0.1, -0.05) is 30.3 Å². The fraction of sp³-hybridized carbons (Fsp3) is 0.188. The summed E-state index contributed by atoms with van der Waals surface area (Å²) in [4.78, 5) is 11.0. The molecule has 0 bridgehead atoms. The van der Waals surface area contributed by atoms with Crippen LogP contribution < -0.4 is 0 Å². The number of hydrogen-bond donors (Lipinski definition) is 1. The molecule has 0 saturated carbocycles. The van der Waals surface area contributed by atoms with E-state index in [0.29, 0.717) is 5.65 Å². The molecule has 0 spiro atoms. The van der Waals surface area contributed by atoms with Gasteiger partial charge in [-0.25, -0.2) is 4.79 Å². The minimum Gasteiger partial charge on any atom is -0.478 e. The maximum absolute atomic E-state index is 11.0. The molecule has 0 radical (unpaired) electrons. The molecule has 1 N–H and O–H groups in total. The lowest BCUT2D eigenvalue weighted by Gasteiger charge is -2.02. The Morgan fingerprint density at radius 1 is 1.05 bits per heavy atom. The third-order valence-corrected chi connectivity index (χ3v) is 3.43. The van der Waals surface area contributed by atoms with Gasteiger partial charge >= 0.3 is 5.97 Å². The molecule has 0 aliphatic rings. The maximum atomic E-state index is 11.0. The number of fused-ring (bicyclic) bond motifs is 1. The molecular weight excluding hydrogens is 266 g/mol. The molecule has 5 nitrogen and oxygen atoms in total. The number of aryl methyl sites for hydroxylation is 2. The molecule has 0 aliphatic carbocycles. The van der Waals surface area contributed by atoms with Crippen LogP contribution in [0, 0.1) is 0 Å². The summed E-state index contributed by atoms with van der Waals surface area (Å²) in [5.41, 5.74) is 2.21. The Balaban J connectivity index is 1.74. The van der Waals surface area contributed by atoms with Crippen molar-refractivity contribution in [2.75, 3.05) is 0 Å². The monoisotopic (exact) mass is 281 g/mol. The van der Waals surface area contributed by atoms with Crippen LogP contribution in [-0.2, 0) is 12.8 Å². The van der Waals surface area contributed by atoms with Crippen molar-refractivity contribution < 1.29 is 9.90 Å². The van der Waals surface area contributed by atoms with Crippen LogP contribution in [0.5, 0.6) is 0 Å². The van der Waals surface area contributed by atoms with E-state index < -0.39 is 5.97 Å². The van der Waals surface area contributed by atoms with Crippen molar-refractivity contribution >= 4 is 11.6 Å². The highest BCUT2D eigenvalue weighted by Crippen LogP contribution is 2.10. The Bertz CT molecular complexity index is 766. The molecule has 21 heavy (non-hydrogen) atoms. The van der Waals surface area contributed by atoms with Crippen molar-refractivity contribution in [1.29, 1.82) is 0 Å². The first-order valence-corrected chi connectivity index (χ1v) is 6.85.